The summed E-state index contributed by atoms with van der Waals surface area (Å²) < 4.78 is 5.46. The van der Waals surface area contributed by atoms with Gasteiger partial charge in [-0.1, -0.05) is 48.5 Å². The lowest BCUT2D eigenvalue weighted by Crippen LogP contribution is -2.09. The second kappa shape index (κ2) is 6.83. The normalized spacial score (nSPS) is 10.4. The van der Waals surface area contributed by atoms with Crippen LogP contribution in [-0.4, -0.2) is 23.5 Å². The number of Topliss-reactive ketones (excluding diaryl/α,β-unsaturated/α-hetero) is 1. The minimum atomic E-state index is -0.258. The van der Waals surface area contributed by atoms with Gasteiger partial charge in [0.2, 0.25) is 11.9 Å². The van der Waals surface area contributed by atoms with Crippen LogP contribution in [0.4, 0.5) is 5.69 Å². The molecule has 0 bridgehead atoms. The second-order valence-electron chi connectivity index (χ2n) is 5.00. The third-order valence-corrected chi connectivity index (χ3v) is 3.46. The Hall–Kier alpha value is -3.01. The monoisotopic (exact) mass is 306 g/mol. The predicted octanol–water partition coefficient (Wildman–Crippen LogP) is 3.53. The van der Waals surface area contributed by atoms with E-state index in [1.807, 2.05) is 48.5 Å². The molecule has 0 radical (unpaired) electrons. The SMILES string of the molecule is O=C=Nc1c(C(=O)COCc2ccccc2)[nH]c2ccccc12. The Morgan fingerprint density at radius 1 is 1.09 bits per heavy atom. The Kier molecular flexibility index (Phi) is 4.43. The first-order valence-electron chi connectivity index (χ1n) is 7.13. The van der Waals surface area contributed by atoms with Crippen molar-refractivity contribution < 1.29 is 14.3 Å². The van der Waals surface area contributed by atoms with Crippen molar-refractivity contribution in [1.82, 2.24) is 4.98 Å². The number of fused-ring (bicyclic) bond motifs is 1. The van der Waals surface area contributed by atoms with Crippen LogP contribution in [0.1, 0.15) is 16.1 Å². The molecule has 0 saturated carbocycles. The molecule has 3 aromatic rings. The molecule has 114 valence electrons. The van der Waals surface area contributed by atoms with Crippen molar-refractivity contribution in [2.24, 2.45) is 4.99 Å². The number of para-hydroxylation sites is 1. The van der Waals surface area contributed by atoms with Crippen molar-refractivity contribution in [2.75, 3.05) is 6.61 Å². The summed E-state index contributed by atoms with van der Waals surface area (Å²) in [4.78, 5) is 29.7. The molecular weight excluding hydrogens is 292 g/mol. The number of ether oxygens (including phenoxy) is 1. The first-order chi connectivity index (χ1) is 11.3. The zero-order chi connectivity index (χ0) is 16.1. The van der Waals surface area contributed by atoms with Gasteiger partial charge in [-0.05, 0) is 11.6 Å². The maximum atomic E-state index is 12.4. The summed E-state index contributed by atoms with van der Waals surface area (Å²) >= 11 is 0. The molecule has 0 fully saturated rings. The molecule has 0 amide bonds. The van der Waals surface area contributed by atoms with Crippen molar-refractivity contribution in [3.8, 4) is 0 Å². The molecule has 5 heteroatoms. The number of hydrogen-bond acceptors (Lipinski definition) is 4. The van der Waals surface area contributed by atoms with E-state index in [1.165, 1.54) is 6.08 Å². The number of isocyanates is 1. The fraction of sp³-hybridized carbons (Fsp3) is 0.111. The number of ketones is 1. The maximum Gasteiger partial charge on any atom is 0.240 e. The first kappa shape index (κ1) is 14.9. The van der Waals surface area contributed by atoms with Crippen molar-refractivity contribution in [3.05, 3.63) is 65.9 Å². The molecule has 0 saturated heterocycles. The van der Waals surface area contributed by atoms with E-state index in [1.54, 1.807) is 6.07 Å². The number of nitrogens with one attached hydrogen (secondary N) is 1. The summed E-state index contributed by atoms with van der Waals surface area (Å²) in [5.74, 6) is -0.258. The summed E-state index contributed by atoms with van der Waals surface area (Å²) in [5, 5.41) is 0.710. The highest BCUT2D eigenvalue weighted by atomic mass is 16.5. The Morgan fingerprint density at radius 2 is 1.83 bits per heavy atom. The zero-order valence-electron chi connectivity index (χ0n) is 12.3. The number of carbonyl (C=O) groups is 1. The van der Waals surface area contributed by atoms with Gasteiger partial charge >= 0.3 is 0 Å². The van der Waals surface area contributed by atoms with Gasteiger partial charge in [0.1, 0.15) is 18.0 Å². The summed E-state index contributed by atoms with van der Waals surface area (Å²) in [5.41, 5.74) is 2.31. The highest BCUT2D eigenvalue weighted by Crippen LogP contribution is 2.30. The molecule has 3 rings (SSSR count). The summed E-state index contributed by atoms with van der Waals surface area (Å²) in [6, 6.07) is 16.9. The minimum absolute atomic E-state index is 0.0942. The van der Waals surface area contributed by atoms with Crippen LogP contribution in [0, 0.1) is 0 Å². The van der Waals surface area contributed by atoms with Gasteiger partial charge in [0.25, 0.3) is 0 Å². The predicted molar refractivity (Wildman–Crippen MR) is 86.5 cm³/mol. The largest absolute Gasteiger partial charge is 0.369 e. The van der Waals surface area contributed by atoms with E-state index in [-0.39, 0.29) is 18.1 Å². The smallest absolute Gasteiger partial charge is 0.240 e. The molecular formula is C18H14N2O3. The van der Waals surface area contributed by atoms with Gasteiger partial charge in [-0.3, -0.25) is 4.79 Å². The maximum absolute atomic E-state index is 12.4. The Bertz CT molecular complexity index is 878. The average molecular weight is 306 g/mol. The van der Waals surface area contributed by atoms with E-state index in [4.69, 9.17) is 4.74 Å². The second-order valence-corrected chi connectivity index (χ2v) is 5.00. The number of aliphatic imine (C=N–C) groups is 1. The van der Waals surface area contributed by atoms with Gasteiger partial charge in [-0.2, -0.15) is 4.99 Å². The molecule has 23 heavy (non-hydrogen) atoms. The van der Waals surface area contributed by atoms with Crippen LogP contribution in [0.2, 0.25) is 0 Å². The number of hydrogen-bond donors (Lipinski definition) is 1. The third-order valence-electron chi connectivity index (χ3n) is 3.46. The van der Waals surface area contributed by atoms with E-state index in [0.717, 1.165) is 11.1 Å². The zero-order valence-corrected chi connectivity index (χ0v) is 12.3. The van der Waals surface area contributed by atoms with Crippen molar-refractivity contribution >= 4 is 28.5 Å². The molecule has 2 aromatic carbocycles. The van der Waals surface area contributed by atoms with Gasteiger partial charge in [-0.15, -0.1) is 0 Å². The third kappa shape index (κ3) is 3.26. The highest BCUT2D eigenvalue weighted by molar-refractivity contribution is 6.08. The van der Waals surface area contributed by atoms with Crippen LogP contribution in [0.15, 0.2) is 59.6 Å². The fourth-order valence-electron chi connectivity index (χ4n) is 2.40. The number of H-pyrrole nitrogens is 1. The molecule has 1 heterocycles. The lowest BCUT2D eigenvalue weighted by molar-refractivity contribution is 0.0723. The van der Waals surface area contributed by atoms with Gasteiger partial charge < -0.3 is 9.72 Å². The van der Waals surface area contributed by atoms with Crippen LogP contribution in [0.3, 0.4) is 0 Å². The summed E-state index contributed by atoms with van der Waals surface area (Å²) in [6.07, 6.45) is 1.50. The van der Waals surface area contributed by atoms with Crippen LogP contribution in [-0.2, 0) is 16.1 Å². The molecule has 0 unspecified atom stereocenters. The van der Waals surface area contributed by atoms with E-state index >= 15 is 0 Å². The molecule has 0 aliphatic rings. The molecule has 0 aliphatic carbocycles. The summed E-state index contributed by atoms with van der Waals surface area (Å²) in [7, 11) is 0. The highest BCUT2D eigenvalue weighted by Gasteiger charge is 2.17. The first-order valence-corrected chi connectivity index (χ1v) is 7.13. The summed E-state index contributed by atoms with van der Waals surface area (Å²) in [6.45, 7) is 0.252. The number of aromatic nitrogens is 1. The van der Waals surface area contributed by atoms with Gasteiger partial charge in [0.15, 0.2) is 0 Å². The van der Waals surface area contributed by atoms with E-state index in [9.17, 15) is 9.59 Å². The lowest BCUT2D eigenvalue weighted by atomic mass is 10.2. The number of rotatable bonds is 6. The number of carbonyl (C=O) groups excluding carboxylic acids is 2. The average Bonchev–Trinajstić information content (AvgIpc) is 2.95. The number of benzene rings is 2. The lowest BCUT2D eigenvalue weighted by Gasteiger charge is -2.03. The number of nitrogens with zero attached hydrogens (tertiary/aromatic N) is 1. The van der Waals surface area contributed by atoms with Crippen molar-refractivity contribution in [1.29, 1.82) is 0 Å². The van der Waals surface area contributed by atoms with E-state index < -0.39 is 0 Å². The Morgan fingerprint density at radius 3 is 2.61 bits per heavy atom. The van der Waals surface area contributed by atoms with E-state index in [0.29, 0.717) is 17.7 Å². The minimum Gasteiger partial charge on any atom is -0.369 e. The standard InChI is InChI=1S/C18H14N2O3/c21-12-19-17-14-8-4-5-9-15(14)20-18(17)16(22)11-23-10-13-6-2-1-3-7-13/h1-9,20H,10-11H2. The van der Waals surface area contributed by atoms with Gasteiger partial charge in [-0.25, -0.2) is 4.79 Å². The fourth-order valence-corrected chi connectivity index (χ4v) is 2.40. The Balaban J connectivity index is 1.78. The Labute approximate surface area is 132 Å². The molecule has 0 spiro atoms. The number of aromatic amines is 1. The van der Waals surface area contributed by atoms with Gasteiger partial charge in [0, 0.05) is 10.9 Å². The quantitative estimate of drug-likeness (QED) is 0.430. The van der Waals surface area contributed by atoms with Crippen molar-refractivity contribution in [2.45, 2.75) is 6.61 Å². The van der Waals surface area contributed by atoms with Gasteiger partial charge in [0.05, 0.1) is 6.61 Å². The molecule has 5 nitrogen and oxygen atoms in total. The van der Waals surface area contributed by atoms with E-state index in [2.05, 4.69) is 9.98 Å². The molecule has 0 atom stereocenters. The molecule has 1 N–H and O–H groups in total. The molecule has 0 aliphatic heterocycles. The molecule has 1 aromatic heterocycles. The van der Waals surface area contributed by atoms with Crippen LogP contribution in [0.25, 0.3) is 10.9 Å². The topological polar surface area (TPSA) is 71.5 Å². The van der Waals surface area contributed by atoms with Crippen LogP contribution in [0.5, 0.6) is 0 Å². The van der Waals surface area contributed by atoms with Crippen LogP contribution < -0.4 is 0 Å². The van der Waals surface area contributed by atoms with Crippen molar-refractivity contribution in [3.63, 3.8) is 0 Å². The van der Waals surface area contributed by atoms with Crippen LogP contribution >= 0.6 is 0 Å².